The van der Waals surface area contributed by atoms with Crippen LogP contribution in [0.25, 0.3) is 16.6 Å². The number of hydrogen-bond acceptors (Lipinski definition) is 8. The average Bonchev–Trinajstić information content (AvgIpc) is 3.42. The maximum absolute atomic E-state index is 13.3. The highest BCUT2D eigenvalue weighted by Crippen LogP contribution is 2.44. The molecule has 2 aliphatic heterocycles. The van der Waals surface area contributed by atoms with Crippen molar-refractivity contribution in [3.8, 4) is 0 Å². The lowest BCUT2D eigenvalue weighted by Gasteiger charge is -2.39. The van der Waals surface area contributed by atoms with Gasteiger partial charge in [0, 0.05) is 82.0 Å². The molecule has 1 aliphatic carbocycles. The summed E-state index contributed by atoms with van der Waals surface area (Å²) in [6.07, 6.45) is 6.49. The molecule has 8 nitrogen and oxygen atoms in total. The van der Waals surface area contributed by atoms with Gasteiger partial charge in [-0.2, -0.15) is 0 Å². The number of anilines is 3. The topological polar surface area (TPSA) is 63.1 Å². The molecule has 1 saturated heterocycles. The predicted octanol–water partition coefficient (Wildman–Crippen LogP) is 10.2. The molecule has 1 fully saturated rings. The fraction of sp³-hybridized carbons (Fsp3) is 0.488. The van der Waals surface area contributed by atoms with Crippen LogP contribution >= 0.6 is 23.4 Å². The van der Waals surface area contributed by atoms with Crippen LogP contribution in [-0.4, -0.2) is 87.2 Å². The molecule has 0 unspecified atom stereocenters. The molecule has 0 bridgehead atoms. The number of fused-ring (bicyclic) bond motifs is 2. The van der Waals surface area contributed by atoms with Gasteiger partial charge in [-0.15, -0.1) is 11.8 Å². The summed E-state index contributed by atoms with van der Waals surface area (Å²) in [6.45, 7) is 18.8. The molecule has 288 valence electrons. The zero-order chi connectivity index (χ0) is 38.0. The molecule has 2 aromatic carbocycles. The lowest BCUT2D eigenvalue weighted by Crippen LogP contribution is -2.47. The van der Waals surface area contributed by atoms with Crippen LogP contribution in [0.15, 0.2) is 71.4 Å². The van der Waals surface area contributed by atoms with Crippen LogP contribution in [0.1, 0.15) is 55.5 Å². The first-order valence-corrected chi connectivity index (χ1v) is 24.6. The molecule has 4 heterocycles. The summed E-state index contributed by atoms with van der Waals surface area (Å²) in [6, 6.07) is 20.2. The molecule has 0 radical (unpaired) electrons. The minimum absolute atomic E-state index is 0.298. The van der Waals surface area contributed by atoms with Crippen LogP contribution in [0.3, 0.4) is 0 Å². The van der Waals surface area contributed by atoms with Crippen LogP contribution < -0.4 is 9.80 Å². The number of carbonyl (C=O) groups is 1. The van der Waals surface area contributed by atoms with Gasteiger partial charge in [-0.3, -0.25) is 4.90 Å². The molecule has 4 aromatic rings. The largest absolute Gasteiger partial charge is 0.465 e. The predicted molar refractivity (Wildman–Crippen MR) is 229 cm³/mol. The number of thioether (sulfide) groups is 1. The van der Waals surface area contributed by atoms with Crippen molar-refractivity contribution in [2.75, 3.05) is 68.5 Å². The van der Waals surface area contributed by atoms with E-state index in [0.29, 0.717) is 17.7 Å². The Balaban J connectivity index is 1.11. The highest BCUT2D eigenvalue weighted by atomic mass is 35.5. The Labute approximate surface area is 331 Å². The van der Waals surface area contributed by atoms with Crippen LogP contribution in [0.2, 0.25) is 30.7 Å². The highest BCUT2D eigenvalue weighted by Gasteiger charge is 2.30. The number of esters is 1. The van der Waals surface area contributed by atoms with Gasteiger partial charge in [-0.05, 0) is 90.7 Å². The molecule has 3 aliphatic rings. The number of carbonyl (C=O) groups excluding carboxylic acids is 1. The number of nitrogens with zero attached hydrogens (tertiary/aromatic N) is 5. The first-order chi connectivity index (χ1) is 25.9. The normalized spacial score (nSPS) is 18.2. The van der Waals surface area contributed by atoms with Gasteiger partial charge in [0.25, 0.3) is 0 Å². The van der Waals surface area contributed by atoms with Crippen molar-refractivity contribution in [2.24, 2.45) is 5.41 Å². The van der Waals surface area contributed by atoms with Gasteiger partial charge in [-0.1, -0.05) is 62.8 Å². The smallest absolute Gasteiger partial charge is 0.339 e. The number of ether oxygens (including phenoxy) is 2. The number of methoxy groups -OCH3 is 1. The molecule has 2 aromatic heterocycles. The van der Waals surface area contributed by atoms with Gasteiger partial charge in [-0.25, -0.2) is 9.78 Å². The lowest BCUT2D eigenvalue weighted by molar-refractivity contribution is 0.0601. The summed E-state index contributed by atoms with van der Waals surface area (Å²) in [5, 5.41) is 2.83. The second kappa shape index (κ2) is 16.4. The van der Waals surface area contributed by atoms with E-state index in [1.165, 1.54) is 24.7 Å². The third kappa shape index (κ3) is 9.05. The van der Waals surface area contributed by atoms with E-state index in [-0.39, 0.29) is 5.97 Å². The van der Waals surface area contributed by atoms with Crippen molar-refractivity contribution in [2.45, 2.75) is 77.0 Å². The number of benzene rings is 2. The first-order valence-electron chi connectivity index (χ1n) is 19.5. The molecule has 7 rings (SSSR count). The number of aromatic nitrogens is 2. The Morgan fingerprint density at radius 2 is 1.76 bits per heavy atom. The molecule has 11 heteroatoms. The fourth-order valence-electron chi connectivity index (χ4n) is 7.91. The van der Waals surface area contributed by atoms with Crippen molar-refractivity contribution in [1.82, 2.24) is 14.5 Å². The van der Waals surface area contributed by atoms with E-state index in [1.807, 2.05) is 18.2 Å². The number of allylic oxidation sites excluding steroid dienone is 1. The Kier molecular flexibility index (Phi) is 11.9. The Morgan fingerprint density at radius 3 is 2.50 bits per heavy atom. The zero-order valence-corrected chi connectivity index (χ0v) is 35.5. The summed E-state index contributed by atoms with van der Waals surface area (Å²) >= 11 is 8.05. The Bertz CT molecular complexity index is 2000. The zero-order valence-electron chi connectivity index (χ0n) is 32.9. The quantitative estimate of drug-likeness (QED) is 0.0847. The minimum Gasteiger partial charge on any atom is -0.465 e. The number of rotatable bonds is 11. The van der Waals surface area contributed by atoms with E-state index in [0.717, 1.165) is 115 Å². The SMILES string of the molecule is COC(=O)c1ccc(N2CCN(CC3=C(c4ccc(Cl)cc4)CC(C)(C)CC3)CC2)cc1N1CCCSc2nc3c(ccn3COCC[Si](C)(C)C)cc21. The minimum atomic E-state index is -1.16. The van der Waals surface area contributed by atoms with Crippen LogP contribution in [0, 0.1) is 5.41 Å². The molecule has 54 heavy (non-hydrogen) atoms. The summed E-state index contributed by atoms with van der Waals surface area (Å²) in [5.41, 5.74) is 9.23. The second-order valence-electron chi connectivity index (χ2n) is 17.1. The number of piperazine rings is 1. The molecule has 0 spiro atoms. The van der Waals surface area contributed by atoms with E-state index in [1.54, 1.807) is 17.3 Å². The third-order valence-corrected chi connectivity index (χ3v) is 14.2. The van der Waals surface area contributed by atoms with Crippen molar-refractivity contribution >= 4 is 71.1 Å². The summed E-state index contributed by atoms with van der Waals surface area (Å²) in [7, 11) is 0.303. The van der Waals surface area contributed by atoms with Crippen molar-refractivity contribution in [1.29, 1.82) is 0 Å². The molecule has 0 N–H and O–H groups in total. The van der Waals surface area contributed by atoms with Gasteiger partial charge in [0.15, 0.2) is 0 Å². The van der Waals surface area contributed by atoms with Crippen LogP contribution in [0.4, 0.5) is 17.1 Å². The monoisotopic (exact) mass is 785 g/mol. The first kappa shape index (κ1) is 39.0. The standard InChI is InChI=1S/C43H56ClN5O3SSi/c1-43(2)16-14-33(37(28-43)31-8-10-34(44)11-9-31)29-46-19-21-47(22-20-46)35-12-13-36(42(50)51-3)38(27-35)49-17-7-24-53-41-39(49)26-32-15-18-48(40(32)45-41)30-52-23-25-54(4,5)6/h8-13,15,18,26-27H,7,14,16-17,19-25,28-30H2,1-6H3. The van der Waals surface area contributed by atoms with E-state index < -0.39 is 8.07 Å². The van der Waals surface area contributed by atoms with Gasteiger partial charge < -0.3 is 23.8 Å². The average molecular weight is 787 g/mol. The molecule has 0 amide bonds. The maximum atomic E-state index is 13.3. The summed E-state index contributed by atoms with van der Waals surface area (Å²) in [5.74, 6) is 0.633. The Morgan fingerprint density at radius 1 is 0.981 bits per heavy atom. The van der Waals surface area contributed by atoms with Crippen molar-refractivity contribution < 1.29 is 14.3 Å². The van der Waals surface area contributed by atoms with Gasteiger partial charge in [0.05, 0.1) is 24.0 Å². The third-order valence-electron chi connectivity index (χ3n) is 11.2. The number of pyridine rings is 1. The Hall–Kier alpha value is -3.28. The van der Waals surface area contributed by atoms with Gasteiger partial charge in [0.1, 0.15) is 17.4 Å². The fourth-order valence-corrected chi connectivity index (χ4v) is 9.73. The summed E-state index contributed by atoms with van der Waals surface area (Å²) in [4.78, 5) is 25.9. The molecular formula is C43H56ClN5O3SSi. The molecule has 0 atom stereocenters. The lowest BCUT2D eigenvalue weighted by atomic mass is 9.72. The number of halogens is 1. The van der Waals surface area contributed by atoms with Gasteiger partial charge in [0.2, 0.25) is 0 Å². The maximum Gasteiger partial charge on any atom is 0.339 e. The van der Waals surface area contributed by atoms with Crippen molar-refractivity contribution in [3.05, 3.63) is 82.5 Å². The van der Waals surface area contributed by atoms with Crippen LogP contribution in [-0.2, 0) is 16.2 Å². The van der Waals surface area contributed by atoms with E-state index in [4.69, 9.17) is 26.1 Å². The highest BCUT2D eigenvalue weighted by molar-refractivity contribution is 7.99. The number of hydrogen-bond donors (Lipinski definition) is 0. The summed E-state index contributed by atoms with van der Waals surface area (Å²) < 4.78 is 13.5. The second-order valence-corrected chi connectivity index (χ2v) is 24.2. The van der Waals surface area contributed by atoms with E-state index >= 15 is 0 Å². The molecule has 0 saturated carbocycles. The van der Waals surface area contributed by atoms with Gasteiger partial charge >= 0.3 is 5.97 Å². The molecular weight excluding hydrogens is 730 g/mol. The van der Waals surface area contributed by atoms with E-state index in [9.17, 15) is 4.79 Å². The van der Waals surface area contributed by atoms with Crippen LogP contribution in [0.5, 0.6) is 0 Å². The van der Waals surface area contributed by atoms with Crippen molar-refractivity contribution in [3.63, 3.8) is 0 Å². The van der Waals surface area contributed by atoms with E-state index in [2.05, 4.69) is 95.4 Å².